The summed E-state index contributed by atoms with van der Waals surface area (Å²) in [6.07, 6.45) is 2.38. The third-order valence-corrected chi connectivity index (χ3v) is 3.19. The van der Waals surface area contributed by atoms with Gasteiger partial charge < -0.3 is 0 Å². The number of benzene rings is 1. The number of nitrogens with zero attached hydrogens (tertiary/aromatic N) is 1. The fourth-order valence-electron chi connectivity index (χ4n) is 1.34. The van der Waals surface area contributed by atoms with E-state index in [1.807, 2.05) is 17.8 Å². The number of aliphatic imine (C=N–C) groups is 1. The summed E-state index contributed by atoms with van der Waals surface area (Å²) in [5.41, 5.74) is 1.25. The van der Waals surface area contributed by atoms with Crippen molar-refractivity contribution in [3.63, 3.8) is 0 Å². The zero-order valence-electron chi connectivity index (χ0n) is 10.4. The molecule has 16 heavy (non-hydrogen) atoms. The van der Waals surface area contributed by atoms with Gasteiger partial charge in [0.05, 0.1) is 5.04 Å². The van der Waals surface area contributed by atoms with E-state index in [2.05, 4.69) is 45.0 Å². The molecular weight excluding hydrogens is 214 g/mol. The largest absolute Gasteiger partial charge is 0.278 e. The molecule has 0 saturated heterocycles. The van der Waals surface area contributed by atoms with Crippen molar-refractivity contribution in [2.75, 3.05) is 6.54 Å². The maximum atomic E-state index is 4.70. The first-order valence-corrected chi connectivity index (χ1v) is 6.88. The predicted molar refractivity (Wildman–Crippen MR) is 75.5 cm³/mol. The van der Waals surface area contributed by atoms with Gasteiger partial charge in [0.15, 0.2) is 0 Å². The molecule has 0 aliphatic heterocycles. The molecule has 0 amide bonds. The maximum Gasteiger partial charge on any atom is 0.0979 e. The van der Waals surface area contributed by atoms with E-state index >= 15 is 0 Å². The summed E-state index contributed by atoms with van der Waals surface area (Å²) in [4.78, 5) is 4.70. The van der Waals surface area contributed by atoms with Crippen LogP contribution in [0.1, 0.15) is 39.2 Å². The van der Waals surface area contributed by atoms with Crippen LogP contribution in [0.15, 0.2) is 35.3 Å². The van der Waals surface area contributed by atoms with Gasteiger partial charge in [0.1, 0.15) is 0 Å². The van der Waals surface area contributed by atoms with Crippen molar-refractivity contribution in [2.45, 2.75) is 38.9 Å². The Balaban J connectivity index is 2.75. The fraction of sp³-hybridized carbons (Fsp3) is 0.500. The second kappa shape index (κ2) is 7.50. The van der Waals surface area contributed by atoms with Gasteiger partial charge in [-0.05, 0) is 6.42 Å². The van der Waals surface area contributed by atoms with Crippen LogP contribution in [0.25, 0.3) is 0 Å². The lowest BCUT2D eigenvalue weighted by molar-refractivity contribution is 0.809. The minimum absolute atomic E-state index is 0.584. The molecule has 0 aliphatic carbocycles. The molecule has 2 heteroatoms. The molecule has 0 N–H and O–H groups in total. The van der Waals surface area contributed by atoms with Gasteiger partial charge in [-0.15, -0.1) is 11.8 Å². The Morgan fingerprint density at radius 1 is 1.25 bits per heavy atom. The normalized spacial score (nSPS) is 12.1. The summed E-state index contributed by atoms with van der Waals surface area (Å²) < 4.78 is 0. The standard InChI is InChI=1S/C14H21NS/c1-4-5-11-15-14(16-12(2)3)13-9-7-6-8-10-13/h6-10,12H,4-5,11H2,1-3H3. The van der Waals surface area contributed by atoms with E-state index in [9.17, 15) is 0 Å². The van der Waals surface area contributed by atoms with Crippen LogP contribution in [0.3, 0.4) is 0 Å². The highest BCUT2D eigenvalue weighted by Gasteiger charge is 2.05. The second-order valence-corrected chi connectivity index (χ2v) is 5.64. The highest BCUT2D eigenvalue weighted by Crippen LogP contribution is 2.18. The Kier molecular flexibility index (Phi) is 6.24. The monoisotopic (exact) mass is 235 g/mol. The van der Waals surface area contributed by atoms with Crippen LogP contribution in [0.4, 0.5) is 0 Å². The number of thioether (sulfide) groups is 1. The van der Waals surface area contributed by atoms with E-state index < -0.39 is 0 Å². The average Bonchev–Trinajstić information content (AvgIpc) is 2.29. The first kappa shape index (κ1) is 13.3. The molecule has 1 rings (SSSR count). The molecule has 0 heterocycles. The number of unbranched alkanes of at least 4 members (excludes halogenated alkanes) is 1. The number of hydrogen-bond donors (Lipinski definition) is 0. The molecule has 0 atom stereocenters. The minimum atomic E-state index is 0.584. The van der Waals surface area contributed by atoms with Crippen LogP contribution in [0.2, 0.25) is 0 Å². The predicted octanol–water partition coefficient (Wildman–Crippen LogP) is 4.37. The Labute approximate surface area is 103 Å². The van der Waals surface area contributed by atoms with Gasteiger partial charge in [-0.2, -0.15) is 0 Å². The van der Waals surface area contributed by atoms with Crippen molar-refractivity contribution in [3.05, 3.63) is 35.9 Å². The van der Waals surface area contributed by atoms with E-state index in [0.717, 1.165) is 6.54 Å². The molecule has 0 bridgehead atoms. The Morgan fingerprint density at radius 3 is 2.50 bits per heavy atom. The first-order valence-electron chi connectivity index (χ1n) is 6.00. The molecule has 1 aromatic rings. The van der Waals surface area contributed by atoms with Gasteiger partial charge >= 0.3 is 0 Å². The van der Waals surface area contributed by atoms with Gasteiger partial charge in [0.2, 0.25) is 0 Å². The molecule has 1 nitrogen and oxygen atoms in total. The number of rotatable bonds is 5. The SMILES string of the molecule is CCCCN=C(SC(C)C)c1ccccc1. The molecule has 0 saturated carbocycles. The van der Waals surface area contributed by atoms with Crippen molar-refractivity contribution in [1.82, 2.24) is 0 Å². The summed E-state index contributed by atoms with van der Waals surface area (Å²) in [6.45, 7) is 7.57. The molecule has 0 radical (unpaired) electrons. The summed E-state index contributed by atoms with van der Waals surface area (Å²) in [5.74, 6) is 0. The van der Waals surface area contributed by atoms with Crippen molar-refractivity contribution >= 4 is 16.8 Å². The van der Waals surface area contributed by atoms with Gasteiger partial charge in [-0.25, -0.2) is 0 Å². The molecular formula is C14H21NS. The van der Waals surface area contributed by atoms with E-state index in [1.54, 1.807) is 0 Å². The highest BCUT2D eigenvalue weighted by atomic mass is 32.2. The van der Waals surface area contributed by atoms with Crippen LogP contribution in [0, 0.1) is 0 Å². The summed E-state index contributed by atoms with van der Waals surface area (Å²) >= 11 is 1.85. The second-order valence-electron chi connectivity index (χ2n) is 4.07. The van der Waals surface area contributed by atoms with Crippen molar-refractivity contribution in [1.29, 1.82) is 0 Å². The number of hydrogen-bond acceptors (Lipinski definition) is 2. The summed E-state index contributed by atoms with van der Waals surface area (Å²) in [6, 6.07) is 10.5. The van der Waals surface area contributed by atoms with Crippen LogP contribution in [0.5, 0.6) is 0 Å². The molecule has 1 aromatic carbocycles. The lowest BCUT2D eigenvalue weighted by Crippen LogP contribution is -2.02. The minimum Gasteiger partial charge on any atom is -0.278 e. The first-order chi connectivity index (χ1) is 7.74. The van der Waals surface area contributed by atoms with E-state index in [4.69, 9.17) is 4.99 Å². The van der Waals surface area contributed by atoms with Gasteiger partial charge in [-0.3, -0.25) is 4.99 Å². The lowest BCUT2D eigenvalue weighted by atomic mass is 10.2. The van der Waals surface area contributed by atoms with Crippen LogP contribution in [-0.2, 0) is 0 Å². The van der Waals surface area contributed by atoms with Crippen molar-refractivity contribution in [3.8, 4) is 0 Å². The van der Waals surface area contributed by atoms with Gasteiger partial charge in [-0.1, -0.05) is 57.5 Å². The van der Waals surface area contributed by atoms with Crippen LogP contribution < -0.4 is 0 Å². The summed E-state index contributed by atoms with van der Waals surface area (Å²) in [5, 5.41) is 1.77. The zero-order valence-corrected chi connectivity index (χ0v) is 11.3. The van der Waals surface area contributed by atoms with Crippen molar-refractivity contribution < 1.29 is 0 Å². The third kappa shape index (κ3) is 4.84. The van der Waals surface area contributed by atoms with Gasteiger partial charge in [0, 0.05) is 17.4 Å². The molecule has 0 aliphatic rings. The molecule has 88 valence electrons. The lowest BCUT2D eigenvalue weighted by Gasteiger charge is -2.09. The topological polar surface area (TPSA) is 12.4 Å². The fourth-order valence-corrected chi connectivity index (χ4v) is 2.22. The van der Waals surface area contributed by atoms with Gasteiger partial charge in [0.25, 0.3) is 0 Å². The van der Waals surface area contributed by atoms with E-state index in [-0.39, 0.29) is 0 Å². The zero-order chi connectivity index (χ0) is 11.8. The highest BCUT2D eigenvalue weighted by molar-refractivity contribution is 8.14. The maximum absolute atomic E-state index is 4.70. The Hall–Kier alpha value is -0.760. The third-order valence-electron chi connectivity index (χ3n) is 2.14. The molecule has 0 fully saturated rings. The Bertz CT molecular complexity index is 317. The molecule has 0 aromatic heterocycles. The van der Waals surface area contributed by atoms with Crippen LogP contribution in [-0.4, -0.2) is 16.8 Å². The van der Waals surface area contributed by atoms with Crippen molar-refractivity contribution in [2.24, 2.45) is 4.99 Å². The smallest absolute Gasteiger partial charge is 0.0979 e. The van der Waals surface area contributed by atoms with E-state index in [1.165, 1.54) is 23.4 Å². The summed E-state index contributed by atoms with van der Waals surface area (Å²) in [7, 11) is 0. The van der Waals surface area contributed by atoms with Crippen LogP contribution >= 0.6 is 11.8 Å². The molecule has 0 spiro atoms. The molecule has 0 unspecified atom stereocenters. The quantitative estimate of drug-likeness (QED) is 0.419. The average molecular weight is 235 g/mol. The Morgan fingerprint density at radius 2 is 1.94 bits per heavy atom. The van der Waals surface area contributed by atoms with E-state index in [0.29, 0.717) is 5.25 Å².